The molecule has 0 aromatic heterocycles. The molecule has 3 heteroatoms. The number of nitrogens with two attached hydrogens (primary N) is 2. The van der Waals surface area contributed by atoms with Gasteiger partial charge in [0.1, 0.15) is 5.84 Å². The predicted molar refractivity (Wildman–Crippen MR) is 109 cm³/mol. The van der Waals surface area contributed by atoms with Crippen molar-refractivity contribution < 1.29 is 0 Å². The first-order valence-corrected chi connectivity index (χ1v) is 9.55. The molecule has 0 saturated heterocycles. The van der Waals surface area contributed by atoms with Crippen LogP contribution in [0.5, 0.6) is 0 Å². The number of hydrogen-bond acceptors (Lipinski definition) is 3. The fourth-order valence-electron chi connectivity index (χ4n) is 4.77. The standard InChI is InChI=1S/C23H29N3/c1-14-5-9-18-16(11-14)7-8-17-12-15(2)6-10-19(17)23(18)13-20(24)22(3,4)26-21(23)25/h5-6,9-12,20H,7-8,13,24H2,1-4H3,(H2,25,26)/t20-/m0/s1. The lowest BCUT2D eigenvalue weighted by atomic mass is 9.64. The summed E-state index contributed by atoms with van der Waals surface area (Å²) in [4.78, 5) is 4.93. The van der Waals surface area contributed by atoms with Crippen LogP contribution in [0.4, 0.5) is 0 Å². The molecule has 26 heavy (non-hydrogen) atoms. The van der Waals surface area contributed by atoms with E-state index >= 15 is 0 Å². The Labute approximate surface area is 156 Å². The number of amidine groups is 1. The molecule has 1 heterocycles. The summed E-state index contributed by atoms with van der Waals surface area (Å²) in [5.74, 6) is 0.710. The number of benzene rings is 2. The van der Waals surface area contributed by atoms with E-state index in [1.165, 1.54) is 33.4 Å². The smallest absolute Gasteiger partial charge is 0.110 e. The first-order valence-electron chi connectivity index (χ1n) is 9.55. The Hall–Kier alpha value is -2.13. The summed E-state index contributed by atoms with van der Waals surface area (Å²) in [6.45, 7) is 8.48. The minimum atomic E-state index is -0.419. The van der Waals surface area contributed by atoms with E-state index in [4.69, 9.17) is 16.5 Å². The lowest BCUT2D eigenvalue weighted by Crippen LogP contribution is -2.58. The van der Waals surface area contributed by atoms with Crippen LogP contribution in [0.15, 0.2) is 41.4 Å². The summed E-state index contributed by atoms with van der Waals surface area (Å²) in [7, 11) is 0. The molecular formula is C23H29N3. The average Bonchev–Trinajstić information content (AvgIpc) is 2.68. The number of hydrogen-bond donors (Lipinski definition) is 2. The van der Waals surface area contributed by atoms with Crippen molar-refractivity contribution in [2.24, 2.45) is 16.5 Å². The number of rotatable bonds is 0. The van der Waals surface area contributed by atoms with Crippen LogP contribution >= 0.6 is 0 Å². The van der Waals surface area contributed by atoms with E-state index in [1.54, 1.807) is 0 Å². The maximum atomic E-state index is 6.75. The molecule has 1 atom stereocenters. The Morgan fingerprint density at radius 2 is 1.42 bits per heavy atom. The fraction of sp³-hybridized carbons (Fsp3) is 0.435. The molecule has 2 aromatic carbocycles. The zero-order chi connectivity index (χ0) is 18.7. The average molecular weight is 348 g/mol. The van der Waals surface area contributed by atoms with E-state index in [-0.39, 0.29) is 11.6 Å². The quantitative estimate of drug-likeness (QED) is 0.765. The van der Waals surface area contributed by atoms with Gasteiger partial charge in [0, 0.05) is 6.04 Å². The molecule has 0 radical (unpaired) electrons. The molecule has 1 spiro atoms. The zero-order valence-corrected chi connectivity index (χ0v) is 16.3. The van der Waals surface area contributed by atoms with Gasteiger partial charge in [0.2, 0.25) is 0 Å². The summed E-state index contributed by atoms with van der Waals surface area (Å²) in [6.07, 6.45) is 2.85. The van der Waals surface area contributed by atoms with Crippen LogP contribution < -0.4 is 11.5 Å². The van der Waals surface area contributed by atoms with Gasteiger partial charge in [-0.05, 0) is 69.2 Å². The molecule has 3 nitrogen and oxygen atoms in total. The van der Waals surface area contributed by atoms with Crippen molar-refractivity contribution in [2.45, 2.75) is 64.0 Å². The molecule has 0 amide bonds. The Balaban J connectivity index is 2.08. The third-order valence-electron chi connectivity index (χ3n) is 6.38. The van der Waals surface area contributed by atoms with E-state index in [2.05, 4.69) is 64.1 Å². The van der Waals surface area contributed by atoms with E-state index in [1.807, 2.05) is 0 Å². The Bertz CT molecular complexity index is 854. The minimum absolute atomic E-state index is 0.0452. The number of nitrogens with zero attached hydrogens (tertiary/aromatic N) is 1. The maximum Gasteiger partial charge on any atom is 0.110 e. The molecule has 0 unspecified atom stereocenters. The highest BCUT2D eigenvalue weighted by molar-refractivity contribution is 5.97. The first kappa shape index (κ1) is 17.3. The van der Waals surface area contributed by atoms with Gasteiger partial charge in [0.15, 0.2) is 0 Å². The topological polar surface area (TPSA) is 64.4 Å². The largest absolute Gasteiger partial charge is 0.386 e. The van der Waals surface area contributed by atoms with Crippen molar-refractivity contribution >= 4 is 5.84 Å². The molecule has 1 aliphatic carbocycles. The van der Waals surface area contributed by atoms with Gasteiger partial charge in [-0.3, -0.25) is 4.99 Å². The molecule has 136 valence electrons. The summed E-state index contributed by atoms with van der Waals surface area (Å²) < 4.78 is 0. The molecule has 0 bridgehead atoms. The fourth-order valence-corrected chi connectivity index (χ4v) is 4.77. The van der Waals surface area contributed by atoms with Crippen molar-refractivity contribution in [3.8, 4) is 0 Å². The highest BCUT2D eigenvalue weighted by Gasteiger charge is 2.49. The molecule has 0 saturated carbocycles. The van der Waals surface area contributed by atoms with Crippen molar-refractivity contribution in [3.63, 3.8) is 0 Å². The summed E-state index contributed by atoms with van der Waals surface area (Å²) in [5, 5.41) is 0. The molecule has 4 rings (SSSR count). The van der Waals surface area contributed by atoms with Gasteiger partial charge in [-0.15, -0.1) is 0 Å². The minimum Gasteiger partial charge on any atom is -0.386 e. The molecule has 1 aliphatic heterocycles. The second kappa shape index (κ2) is 5.68. The van der Waals surface area contributed by atoms with Crippen LogP contribution in [0, 0.1) is 13.8 Å². The van der Waals surface area contributed by atoms with Crippen LogP contribution in [0.3, 0.4) is 0 Å². The van der Waals surface area contributed by atoms with Crippen molar-refractivity contribution in [1.29, 1.82) is 0 Å². The predicted octanol–water partition coefficient (Wildman–Crippen LogP) is 3.55. The summed E-state index contributed by atoms with van der Waals surface area (Å²) in [5.41, 5.74) is 20.6. The third-order valence-corrected chi connectivity index (χ3v) is 6.38. The second-order valence-electron chi connectivity index (χ2n) is 8.69. The molecular weight excluding hydrogens is 318 g/mol. The monoisotopic (exact) mass is 347 g/mol. The van der Waals surface area contributed by atoms with Crippen LogP contribution in [0.25, 0.3) is 0 Å². The lowest BCUT2D eigenvalue weighted by Gasteiger charge is -2.46. The molecule has 2 aromatic rings. The van der Waals surface area contributed by atoms with Gasteiger partial charge >= 0.3 is 0 Å². The molecule has 4 N–H and O–H groups in total. The van der Waals surface area contributed by atoms with Crippen molar-refractivity contribution in [1.82, 2.24) is 0 Å². The molecule has 0 fully saturated rings. The highest BCUT2D eigenvalue weighted by atomic mass is 15.0. The van der Waals surface area contributed by atoms with Crippen LogP contribution in [0.1, 0.15) is 53.6 Å². The van der Waals surface area contributed by atoms with Crippen LogP contribution in [-0.2, 0) is 18.3 Å². The SMILES string of the molecule is Cc1ccc2c(c1)CCc1cc(C)ccc1C21C[C@H](N)C(C)(C)N=C1N. The van der Waals surface area contributed by atoms with Gasteiger partial charge in [-0.25, -0.2) is 0 Å². The van der Waals surface area contributed by atoms with Gasteiger partial charge < -0.3 is 11.5 Å². The maximum absolute atomic E-state index is 6.75. The normalized spacial score (nSPS) is 23.0. The lowest BCUT2D eigenvalue weighted by molar-refractivity contribution is 0.334. The number of aliphatic imine (C=N–C) groups is 1. The van der Waals surface area contributed by atoms with Crippen LogP contribution in [-0.4, -0.2) is 17.4 Å². The summed E-state index contributed by atoms with van der Waals surface area (Å²) >= 11 is 0. The Morgan fingerprint density at radius 3 is 1.92 bits per heavy atom. The van der Waals surface area contributed by atoms with E-state index in [0.717, 1.165) is 19.3 Å². The summed E-state index contributed by atoms with van der Waals surface area (Å²) in [6, 6.07) is 13.5. The zero-order valence-electron chi connectivity index (χ0n) is 16.3. The first-order chi connectivity index (χ1) is 12.2. The van der Waals surface area contributed by atoms with E-state index < -0.39 is 5.41 Å². The number of fused-ring (bicyclic) bond motifs is 4. The Morgan fingerprint density at radius 1 is 0.923 bits per heavy atom. The van der Waals surface area contributed by atoms with Crippen LogP contribution in [0.2, 0.25) is 0 Å². The molecule has 2 aliphatic rings. The van der Waals surface area contributed by atoms with Gasteiger partial charge in [0.25, 0.3) is 0 Å². The Kier molecular flexibility index (Phi) is 3.78. The number of aryl methyl sites for hydroxylation is 4. The van der Waals surface area contributed by atoms with Crippen molar-refractivity contribution in [3.05, 3.63) is 69.8 Å². The van der Waals surface area contributed by atoms with Gasteiger partial charge in [-0.2, -0.15) is 0 Å². The van der Waals surface area contributed by atoms with E-state index in [0.29, 0.717) is 5.84 Å². The van der Waals surface area contributed by atoms with E-state index in [9.17, 15) is 0 Å². The highest BCUT2D eigenvalue weighted by Crippen LogP contribution is 2.47. The van der Waals surface area contributed by atoms with Crippen molar-refractivity contribution in [2.75, 3.05) is 0 Å². The van der Waals surface area contributed by atoms with Gasteiger partial charge in [0.05, 0.1) is 11.0 Å². The second-order valence-corrected chi connectivity index (χ2v) is 8.69. The third kappa shape index (κ3) is 2.41. The van der Waals surface area contributed by atoms with Gasteiger partial charge in [-0.1, -0.05) is 47.5 Å².